The van der Waals surface area contributed by atoms with Crippen molar-refractivity contribution in [2.24, 2.45) is 0 Å². The molecule has 0 rings (SSSR count). The Balaban J connectivity index is 0. The Hall–Kier alpha value is 0.130. The molecule has 82 valence electrons. The Morgan fingerprint density at radius 3 is 2.23 bits per heavy atom. The number of likely N-dealkylation sites (N-methyl/N-ethyl adjacent to an activating group) is 1. The van der Waals surface area contributed by atoms with Gasteiger partial charge in [0.15, 0.2) is 6.29 Å². The average molecular weight is 214 g/mol. The summed E-state index contributed by atoms with van der Waals surface area (Å²) in [5.41, 5.74) is 0. The van der Waals surface area contributed by atoms with E-state index in [4.69, 9.17) is 14.9 Å². The van der Waals surface area contributed by atoms with Crippen LogP contribution in [0.25, 0.3) is 0 Å². The first-order chi connectivity index (χ1) is 5.45. The first-order valence-electron chi connectivity index (χ1n) is 4.16. The van der Waals surface area contributed by atoms with E-state index in [-0.39, 0.29) is 25.4 Å². The molecule has 1 atom stereocenters. The highest BCUT2D eigenvalue weighted by Crippen LogP contribution is 1.95. The van der Waals surface area contributed by atoms with Crippen LogP contribution in [0.4, 0.5) is 0 Å². The van der Waals surface area contributed by atoms with Crippen molar-refractivity contribution < 1.29 is 31.8 Å². The number of hydrogen-bond donors (Lipinski definition) is 2. The summed E-state index contributed by atoms with van der Waals surface area (Å²) >= 11 is 0. The maximum Gasteiger partial charge on any atom is 0.157 e. The molecule has 0 aliphatic heterocycles. The summed E-state index contributed by atoms with van der Waals surface area (Å²) in [6.07, 6.45) is -0.529. The van der Waals surface area contributed by atoms with Gasteiger partial charge in [0.1, 0.15) is 6.54 Å². The molecule has 13 heavy (non-hydrogen) atoms. The second-order valence-corrected chi connectivity index (χ2v) is 3.85. The minimum absolute atomic E-state index is 0. The van der Waals surface area contributed by atoms with Crippen molar-refractivity contribution in [1.82, 2.24) is 0 Å². The lowest BCUT2D eigenvalue weighted by Gasteiger charge is -2.24. The summed E-state index contributed by atoms with van der Waals surface area (Å²) in [7, 11) is 6.17. The third-order valence-electron chi connectivity index (χ3n) is 1.45. The molecule has 4 nitrogen and oxygen atoms in total. The van der Waals surface area contributed by atoms with E-state index >= 15 is 0 Å². The Labute approximate surface area is 86.1 Å². The van der Waals surface area contributed by atoms with Crippen LogP contribution in [0.5, 0.6) is 0 Å². The minimum Gasteiger partial charge on any atom is -1.00 e. The largest absolute Gasteiger partial charge is 1.00 e. The monoisotopic (exact) mass is 213 g/mol. The van der Waals surface area contributed by atoms with Crippen LogP contribution >= 0.6 is 0 Å². The van der Waals surface area contributed by atoms with Gasteiger partial charge in [0.25, 0.3) is 0 Å². The molecule has 0 bridgehead atoms. The van der Waals surface area contributed by atoms with Crippen LogP contribution in [-0.4, -0.2) is 61.9 Å². The van der Waals surface area contributed by atoms with Crippen LogP contribution in [0, 0.1) is 0 Å². The van der Waals surface area contributed by atoms with Gasteiger partial charge in [-0.1, -0.05) is 0 Å². The molecule has 0 saturated heterocycles. The molecular weight excluding hydrogens is 194 g/mol. The van der Waals surface area contributed by atoms with Gasteiger partial charge in [-0.2, -0.15) is 0 Å². The molecule has 0 heterocycles. The van der Waals surface area contributed by atoms with Crippen molar-refractivity contribution in [2.45, 2.75) is 12.7 Å². The Morgan fingerprint density at radius 1 is 1.31 bits per heavy atom. The summed E-state index contributed by atoms with van der Waals surface area (Å²) in [6, 6.07) is 0. The molecule has 0 saturated carbocycles. The SMILES string of the molecule is C[N+](C)(C)CCOC(O)CCO.[Cl-]. The molecule has 0 amide bonds. The van der Waals surface area contributed by atoms with Crippen LogP contribution in [0.15, 0.2) is 0 Å². The molecule has 0 radical (unpaired) electrons. The lowest BCUT2D eigenvalue weighted by molar-refractivity contribution is -0.871. The predicted molar refractivity (Wildman–Crippen MR) is 46.6 cm³/mol. The van der Waals surface area contributed by atoms with Crippen LogP contribution < -0.4 is 12.4 Å². The van der Waals surface area contributed by atoms with E-state index in [1.54, 1.807) is 0 Å². The molecule has 0 aromatic carbocycles. The molecular formula is C8H20ClNO3. The van der Waals surface area contributed by atoms with E-state index in [0.29, 0.717) is 6.61 Å². The van der Waals surface area contributed by atoms with Crippen molar-refractivity contribution in [3.8, 4) is 0 Å². The zero-order valence-corrected chi connectivity index (χ0v) is 9.29. The van der Waals surface area contributed by atoms with Gasteiger partial charge in [0.05, 0.1) is 27.7 Å². The van der Waals surface area contributed by atoms with Crippen LogP contribution in [0.3, 0.4) is 0 Å². The fourth-order valence-corrected chi connectivity index (χ4v) is 0.656. The minimum atomic E-state index is -0.818. The van der Waals surface area contributed by atoms with Crippen molar-refractivity contribution in [1.29, 1.82) is 0 Å². The lowest BCUT2D eigenvalue weighted by Crippen LogP contribution is -3.00. The van der Waals surface area contributed by atoms with Crippen molar-refractivity contribution in [3.63, 3.8) is 0 Å². The Kier molecular flexibility index (Phi) is 9.03. The zero-order chi connectivity index (χ0) is 9.61. The van der Waals surface area contributed by atoms with E-state index in [1.165, 1.54) is 0 Å². The summed E-state index contributed by atoms with van der Waals surface area (Å²) in [4.78, 5) is 0. The molecule has 0 aliphatic carbocycles. The molecule has 0 aromatic heterocycles. The Bertz CT molecular complexity index is 116. The van der Waals surface area contributed by atoms with E-state index < -0.39 is 6.29 Å². The summed E-state index contributed by atoms with van der Waals surface area (Å²) < 4.78 is 5.85. The number of aliphatic hydroxyl groups excluding tert-OH is 2. The highest BCUT2D eigenvalue weighted by molar-refractivity contribution is 4.39. The van der Waals surface area contributed by atoms with Crippen LogP contribution in [0.1, 0.15) is 6.42 Å². The summed E-state index contributed by atoms with van der Waals surface area (Å²) in [6.45, 7) is 1.33. The number of ether oxygens (including phenoxy) is 1. The van der Waals surface area contributed by atoms with Gasteiger partial charge < -0.3 is 31.8 Å². The topological polar surface area (TPSA) is 49.7 Å². The maximum atomic E-state index is 9.06. The first kappa shape index (κ1) is 15.6. The number of hydrogen-bond acceptors (Lipinski definition) is 3. The second-order valence-electron chi connectivity index (χ2n) is 3.85. The van der Waals surface area contributed by atoms with Crippen LogP contribution in [0.2, 0.25) is 0 Å². The van der Waals surface area contributed by atoms with Gasteiger partial charge in [0.2, 0.25) is 0 Å². The van der Waals surface area contributed by atoms with Gasteiger partial charge >= 0.3 is 0 Å². The van der Waals surface area contributed by atoms with Gasteiger partial charge in [-0.25, -0.2) is 0 Å². The molecule has 1 unspecified atom stereocenters. The summed E-state index contributed by atoms with van der Waals surface area (Å²) in [5.74, 6) is 0. The fraction of sp³-hybridized carbons (Fsp3) is 1.00. The van der Waals surface area contributed by atoms with E-state index in [0.717, 1.165) is 11.0 Å². The normalized spacial score (nSPS) is 13.6. The molecule has 0 aromatic rings. The third kappa shape index (κ3) is 12.1. The fourth-order valence-electron chi connectivity index (χ4n) is 0.656. The standard InChI is InChI=1S/C8H20NO3.ClH/c1-9(2,3)5-7-12-8(11)4-6-10;/h8,10-11H,4-7H2,1-3H3;1H/q+1;/p-1. The summed E-state index contributed by atoms with van der Waals surface area (Å²) in [5, 5.41) is 17.5. The van der Waals surface area contributed by atoms with Gasteiger partial charge in [0, 0.05) is 13.0 Å². The van der Waals surface area contributed by atoms with Gasteiger partial charge in [-0.3, -0.25) is 0 Å². The van der Waals surface area contributed by atoms with E-state index in [9.17, 15) is 0 Å². The van der Waals surface area contributed by atoms with Crippen molar-refractivity contribution >= 4 is 0 Å². The molecule has 0 aliphatic rings. The number of quaternary nitrogens is 1. The van der Waals surface area contributed by atoms with Crippen molar-refractivity contribution in [3.05, 3.63) is 0 Å². The third-order valence-corrected chi connectivity index (χ3v) is 1.45. The smallest absolute Gasteiger partial charge is 0.157 e. The maximum absolute atomic E-state index is 9.06. The van der Waals surface area contributed by atoms with Crippen LogP contribution in [-0.2, 0) is 4.74 Å². The first-order valence-corrected chi connectivity index (χ1v) is 4.16. The predicted octanol–water partition coefficient (Wildman–Crippen LogP) is -3.59. The second kappa shape index (κ2) is 7.53. The van der Waals surface area contributed by atoms with Gasteiger partial charge in [-0.15, -0.1) is 0 Å². The Morgan fingerprint density at radius 2 is 1.85 bits per heavy atom. The molecule has 0 spiro atoms. The zero-order valence-electron chi connectivity index (χ0n) is 8.53. The number of nitrogens with zero attached hydrogens (tertiary/aromatic N) is 1. The number of halogens is 1. The number of aliphatic hydroxyl groups is 2. The molecule has 5 heteroatoms. The van der Waals surface area contributed by atoms with E-state index in [2.05, 4.69) is 21.1 Å². The van der Waals surface area contributed by atoms with Gasteiger partial charge in [-0.05, 0) is 0 Å². The molecule has 2 N–H and O–H groups in total. The van der Waals surface area contributed by atoms with E-state index in [1.807, 2.05) is 0 Å². The molecule has 0 fully saturated rings. The highest BCUT2D eigenvalue weighted by Gasteiger charge is 2.08. The van der Waals surface area contributed by atoms with Crippen molar-refractivity contribution in [2.75, 3.05) is 40.9 Å². The average Bonchev–Trinajstić information content (AvgIpc) is 1.84. The number of rotatable bonds is 6. The lowest BCUT2D eigenvalue weighted by atomic mass is 10.4. The highest BCUT2D eigenvalue weighted by atomic mass is 35.5. The quantitative estimate of drug-likeness (QED) is 0.355.